The van der Waals surface area contributed by atoms with Gasteiger partial charge in [-0.15, -0.1) is 0 Å². The van der Waals surface area contributed by atoms with Crippen LogP contribution in [-0.4, -0.2) is 24.5 Å². The van der Waals surface area contributed by atoms with Gasteiger partial charge in [-0.3, -0.25) is 14.4 Å². The molecule has 3 atom stereocenters. The summed E-state index contributed by atoms with van der Waals surface area (Å²) in [7, 11) is 0. The highest BCUT2D eigenvalue weighted by atomic mass is 16.7. The van der Waals surface area contributed by atoms with Gasteiger partial charge >= 0.3 is 0 Å². The molecule has 2 amide bonds. The molecule has 0 bridgehead atoms. The molecule has 2 heterocycles. The second-order valence-corrected chi connectivity index (χ2v) is 8.25. The molecule has 7 nitrogen and oxygen atoms in total. The highest BCUT2D eigenvalue weighted by molar-refractivity contribution is 6.23. The molecule has 2 aliphatic heterocycles. The average molecular weight is 453 g/mol. The molecule has 5 rings (SSSR count). The van der Waals surface area contributed by atoms with Crippen LogP contribution in [0.15, 0.2) is 78.9 Å². The average Bonchev–Trinajstić information content (AvgIpc) is 3.39. The molecule has 0 radical (unpaired) electrons. The Balaban J connectivity index is 1.50. The Bertz CT molecular complexity index is 1240. The van der Waals surface area contributed by atoms with E-state index in [1.54, 1.807) is 41.5 Å². The monoisotopic (exact) mass is 453 g/mol. The number of hydrogen-bond acceptors (Lipinski definition) is 6. The lowest BCUT2D eigenvalue weighted by Gasteiger charge is -2.28. The van der Waals surface area contributed by atoms with Crippen molar-refractivity contribution in [3.05, 3.63) is 90.0 Å². The number of fused-ring (bicyclic) bond motifs is 1. The topological polar surface area (TPSA) is 82.9 Å². The molecule has 3 aromatic carbocycles. The van der Waals surface area contributed by atoms with Gasteiger partial charge in [0.2, 0.25) is 5.91 Å². The Morgan fingerprint density at radius 2 is 1.62 bits per heavy atom. The predicted molar refractivity (Wildman–Crippen MR) is 126 cm³/mol. The number of imide groups is 1. The third kappa shape index (κ3) is 3.68. The van der Waals surface area contributed by atoms with Gasteiger partial charge in [-0.05, 0) is 60.5 Å². The molecule has 0 spiro atoms. The first kappa shape index (κ1) is 21.7. The molecule has 2 aliphatic rings. The molecule has 170 valence electrons. The first-order valence-corrected chi connectivity index (χ1v) is 11.2. The van der Waals surface area contributed by atoms with Crippen LogP contribution in [0.4, 0.5) is 11.4 Å². The number of nitrogens with zero attached hydrogens (tertiary/aromatic N) is 3. The van der Waals surface area contributed by atoms with E-state index in [4.69, 9.17) is 9.57 Å². The van der Waals surface area contributed by atoms with Gasteiger partial charge in [0.25, 0.3) is 5.91 Å². The summed E-state index contributed by atoms with van der Waals surface area (Å²) in [6, 6.07) is 25.0. The smallest absolute Gasteiger partial charge is 0.266 e. The first-order chi connectivity index (χ1) is 16.6. The SMILES string of the molecule is CCCOc1ccc(N2C(=O)[C@@H]3[C@@H](ON(c4ccccc4)[C@H]3c3ccc(C#N)cc3)C2=O)cc1. The highest BCUT2D eigenvalue weighted by Gasteiger charge is 2.60. The summed E-state index contributed by atoms with van der Waals surface area (Å²) in [5.41, 5.74) is 2.55. The van der Waals surface area contributed by atoms with Crippen LogP contribution in [-0.2, 0) is 14.4 Å². The number of benzene rings is 3. The summed E-state index contributed by atoms with van der Waals surface area (Å²) in [5, 5.41) is 10.8. The Morgan fingerprint density at radius 1 is 0.912 bits per heavy atom. The second kappa shape index (κ2) is 9.00. The van der Waals surface area contributed by atoms with Gasteiger partial charge in [-0.2, -0.15) is 5.26 Å². The standard InChI is InChI=1S/C27H23N3O4/c1-2-16-33-22-14-12-20(13-15-22)29-26(31)23-24(19-10-8-18(17-28)9-11-19)30(34-25(23)27(29)32)21-6-4-3-5-7-21/h3-15,23-25H,2,16H2,1H3/t23-,24-,25+/m0/s1. The maximum Gasteiger partial charge on any atom is 0.266 e. The van der Waals surface area contributed by atoms with Crippen LogP contribution in [0.5, 0.6) is 5.75 Å². The lowest BCUT2D eigenvalue weighted by atomic mass is 9.90. The maximum absolute atomic E-state index is 13.7. The minimum atomic E-state index is -0.940. The van der Waals surface area contributed by atoms with Crippen LogP contribution in [0.25, 0.3) is 0 Å². The lowest BCUT2D eigenvalue weighted by Crippen LogP contribution is -2.37. The van der Waals surface area contributed by atoms with Crippen molar-refractivity contribution < 1.29 is 19.2 Å². The van der Waals surface area contributed by atoms with Crippen LogP contribution >= 0.6 is 0 Å². The van der Waals surface area contributed by atoms with E-state index < -0.39 is 24.0 Å². The van der Waals surface area contributed by atoms with E-state index in [0.29, 0.717) is 23.6 Å². The van der Waals surface area contributed by atoms with Gasteiger partial charge in [0.1, 0.15) is 11.7 Å². The summed E-state index contributed by atoms with van der Waals surface area (Å²) in [5.74, 6) is -0.747. The van der Waals surface area contributed by atoms with Gasteiger partial charge in [-0.25, -0.2) is 9.96 Å². The van der Waals surface area contributed by atoms with E-state index in [2.05, 4.69) is 6.07 Å². The first-order valence-electron chi connectivity index (χ1n) is 11.2. The largest absolute Gasteiger partial charge is 0.494 e. The van der Waals surface area contributed by atoms with E-state index >= 15 is 0 Å². The zero-order chi connectivity index (χ0) is 23.7. The number of hydroxylamine groups is 1. The molecule has 0 unspecified atom stereocenters. The minimum Gasteiger partial charge on any atom is -0.494 e. The van der Waals surface area contributed by atoms with Crippen molar-refractivity contribution in [3.63, 3.8) is 0 Å². The molecular formula is C27H23N3O4. The fraction of sp³-hybridized carbons (Fsp3) is 0.222. The number of ether oxygens (including phenoxy) is 1. The Morgan fingerprint density at radius 3 is 2.26 bits per heavy atom. The third-order valence-electron chi connectivity index (χ3n) is 6.08. The van der Waals surface area contributed by atoms with E-state index in [1.165, 1.54) is 4.90 Å². The second-order valence-electron chi connectivity index (χ2n) is 8.25. The molecule has 0 N–H and O–H groups in total. The van der Waals surface area contributed by atoms with Crippen molar-refractivity contribution in [3.8, 4) is 11.8 Å². The molecular weight excluding hydrogens is 430 g/mol. The van der Waals surface area contributed by atoms with Gasteiger partial charge in [0.05, 0.1) is 35.7 Å². The number of carbonyl (C=O) groups excluding carboxylic acids is 2. The molecule has 0 aliphatic carbocycles. The summed E-state index contributed by atoms with van der Waals surface area (Å²) in [6.45, 7) is 2.62. The van der Waals surface area contributed by atoms with Crippen molar-refractivity contribution in [2.45, 2.75) is 25.5 Å². The number of para-hydroxylation sites is 1. The van der Waals surface area contributed by atoms with Gasteiger partial charge in [0.15, 0.2) is 6.10 Å². The minimum absolute atomic E-state index is 0.315. The van der Waals surface area contributed by atoms with E-state index in [1.807, 2.05) is 49.4 Å². The summed E-state index contributed by atoms with van der Waals surface area (Å²) in [4.78, 5) is 34.4. The van der Waals surface area contributed by atoms with Gasteiger partial charge in [-0.1, -0.05) is 37.3 Å². The Kier molecular flexibility index (Phi) is 5.74. The van der Waals surface area contributed by atoms with E-state index in [-0.39, 0.29) is 5.91 Å². The summed E-state index contributed by atoms with van der Waals surface area (Å²) < 4.78 is 5.62. The number of carbonyl (C=O) groups is 2. The highest BCUT2D eigenvalue weighted by Crippen LogP contribution is 2.47. The molecule has 2 fully saturated rings. The fourth-order valence-electron chi connectivity index (χ4n) is 4.47. The number of rotatable bonds is 6. The van der Waals surface area contributed by atoms with E-state index in [0.717, 1.165) is 17.7 Å². The van der Waals surface area contributed by atoms with Crippen LogP contribution < -0.4 is 14.7 Å². The van der Waals surface area contributed by atoms with Crippen molar-refractivity contribution in [2.24, 2.45) is 5.92 Å². The zero-order valence-corrected chi connectivity index (χ0v) is 18.6. The van der Waals surface area contributed by atoms with E-state index in [9.17, 15) is 14.9 Å². The fourth-order valence-corrected chi connectivity index (χ4v) is 4.47. The van der Waals surface area contributed by atoms with Crippen molar-refractivity contribution in [1.82, 2.24) is 0 Å². The van der Waals surface area contributed by atoms with Crippen LogP contribution in [0.3, 0.4) is 0 Å². The van der Waals surface area contributed by atoms with Crippen LogP contribution in [0.1, 0.15) is 30.5 Å². The molecule has 34 heavy (non-hydrogen) atoms. The zero-order valence-electron chi connectivity index (χ0n) is 18.6. The van der Waals surface area contributed by atoms with Crippen molar-refractivity contribution in [2.75, 3.05) is 16.6 Å². The summed E-state index contributed by atoms with van der Waals surface area (Å²) in [6.07, 6.45) is -0.0513. The number of nitriles is 1. The number of amides is 2. The van der Waals surface area contributed by atoms with Gasteiger partial charge in [0, 0.05) is 0 Å². The normalized spacial score (nSPS) is 21.5. The maximum atomic E-state index is 13.7. The lowest BCUT2D eigenvalue weighted by molar-refractivity contribution is -0.126. The summed E-state index contributed by atoms with van der Waals surface area (Å²) >= 11 is 0. The third-order valence-corrected chi connectivity index (χ3v) is 6.08. The van der Waals surface area contributed by atoms with Gasteiger partial charge < -0.3 is 4.74 Å². The Hall–Kier alpha value is -4.15. The molecule has 7 heteroatoms. The number of anilines is 2. The molecule has 2 saturated heterocycles. The molecule has 0 saturated carbocycles. The molecule has 3 aromatic rings. The predicted octanol–water partition coefficient (Wildman–Crippen LogP) is 4.40. The van der Waals surface area contributed by atoms with Crippen molar-refractivity contribution in [1.29, 1.82) is 5.26 Å². The van der Waals surface area contributed by atoms with Crippen molar-refractivity contribution >= 4 is 23.2 Å². The number of hydrogen-bond donors (Lipinski definition) is 0. The molecule has 0 aromatic heterocycles. The Labute approximate surface area is 197 Å². The van der Waals surface area contributed by atoms with Crippen LogP contribution in [0.2, 0.25) is 0 Å². The van der Waals surface area contributed by atoms with Crippen LogP contribution in [0, 0.1) is 17.2 Å². The quantitative estimate of drug-likeness (QED) is 0.515.